The smallest absolute Gasteiger partial charge is 0.234 e. The first-order chi connectivity index (χ1) is 13.5. The highest BCUT2D eigenvalue weighted by molar-refractivity contribution is 8.03. The molecule has 2 aromatic carbocycles. The number of hydrogen-bond donors (Lipinski definition) is 2. The van der Waals surface area contributed by atoms with Gasteiger partial charge in [0.15, 0.2) is 0 Å². The summed E-state index contributed by atoms with van der Waals surface area (Å²) in [6.45, 7) is 0. The lowest BCUT2D eigenvalue weighted by Crippen LogP contribution is -2.31. The zero-order valence-electron chi connectivity index (χ0n) is 14.5. The number of nitriles is 1. The van der Waals surface area contributed by atoms with Gasteiger partial charge >= 0.3 is 0 Å². The van der Waals surface area contributed by atoms with Gasteiger partial charge in [0, 0.05) is 12.3 Å². The molecule has 0 bridgehead atoms. The first kappa shape index (κ1) is 19.9. The van der Waals surface area contributed by atoms with Gasteiger partial charge in [0.25, 0.3) is 0 Å². The van der Waals surface area contributed by atoms with Crippen molar-refractivity contribution >= 4 is 40.9 Å². The van der Waals surface area contributed by atoms with Crippen LogP contribution in [0, 0.1) is 17.1 Å². The highest BCUT2D eigenvalue weighted by Gasteiger charge is 2.29. The second kappa shape index (κ2) is 8.91. The minimum atomic E-state index is -0.478. The van der Waals surface area contributed by atoms with Crippen LogP contribution in [0.4, 0.5) is 10.1 Å². The average Bonchev–Trinajstić information content (AvgIpc) is 2.68. The van der Waals surface area contributed by atoms with Crippen LogP contribution in [0.2, 0.25) is 5.02 Å². The minimum absolute atomic E-state index is 0.0118. The van der Waals surface area contributed by atoms with Gasteiger partial charge in [-0.3, -0.25) is 9.59 Å². The van der Waals surface area contributed by atoms with Crippen molar-refractivity contribution in [3.63, 3.8) is 0 Å². The highest BCUT2D eigenvalue weighted by atomic mass is 35.5. The third-order valence-corrected chi connectivity index (χ3v) is 5.47. The molecule has 0 saturated carbocycles. The number of nitrogens with one attached hydrogen (secondary N) is 2. The number of thioether (sulfide) groups is 1. The molecule has 142 valence electrons. The molecule has 1 unspecified atom stereocenters. The zero-order valence-corrected chi connectivity index (χ0v) is 16.1. The number of amides is 2. The number of para-hydroxylation sites is 1. The maximum absolute atomic E-state index is 13.2. The first-order valence-electron chi connectivity index (χ1n) is 8.34. The van der Waals surface area contributed by atoms with Gasteiger partial charge in [-0.1, -0.05) is 47.6 Å². The lowest BCUT2D eigenvalue weighted by atomic mass is 9.87. The predicted molar refractivity (Wildman–Crippen MR) is 107 cm³/mol. The van der Waals surface area contributed by atoms with Crippen molar-refractivity contribution in [2.24, 2.45) is 0 Å². The molecule has 0 saturated heterocycles. The van der Waals surface area contributed by atoms with E-state index in [0.29, 0.717) is 26.9 Å². The molecule has 1 heterocycles. The van der Waals surface area contributed by atoms with Gasteiger partial charge in [0.05, 0.1) is 33.1 Å². The molecule has 0 radical (unpaired) electrons. The predicted octanol–water partition coefficient (Wildman–Crippen LogP) is 4.19. The molecule has 0 aliphatic carbocycles. The third kappa shape index (κ3) is 4.71. The molecule has 0 aromatic heterocycles. The number of carbonyl (C=O) groups excluding carboxylic acids is 2. The van der Waals surface area contributed by atoms with Gasteiger partial charge in [-0.25, -0.2) is 4.39 Å². The standard InChI is InChI=1S/C20H15ClFN3O2S/c21-16-3-1-2-4-17(16)24-19(27)11-28-20-15(10-23)14(9-18(26)25-20)12-5-7-13(22)8-6-12/h1-8,14H,9,11H2,(H,24,27)(H,25,26). The van der Waals surface area contributed by atoms with Gasteiger partial charge in [0.2, 0.25) is 11.8 Å². The molecule has 0 spiro atoms. The number of carbonyl (C=O) groups is 2. The molecule has 28 heavy (non-hydrogen) atoms. The summed E-state index contributed by atoms with van der Waals surface area (Å²) in [4.78, 5) is 24.3. The topological polar surface area (TPSA) is 82.0 Å². The largest absolute Gasteiger partial charge is 0.324 e. The van der Waals surface area contributed by atoms with E-state index in [0.717, 1.165) is 11.8 Å². The minimum Gasteiger partial charge on any atom is -0.324 e. The first-order valence-corrected chi connectivity index (χ1v) is 9.71. The molecule has 1 aliphatic rings. The van der Waals surface area contributed by atoms with Crippen LogP contribution in [0.15, 0.2) is 59.1 Å². The Morgan fingerprint density at radius 1 is 1.29 bits per heavy atom. The Bertz CT molecular complexity index is 986. The molecule has 3 rings (SSSR count). The fourth-order valence-electron chi connectivity index (χ4n) is 2.80. The van der Waals surface area contributed by atoms with E-state index in [2.05, 4.69) is 16.7 Å². The van der Waals surface area contributed by atoms with E-state index in [4.69, 9.17) is 11.6 Å². The fourth-order valence-corrected chi connectivity index (χ4v) is 3.86. The summed E-state index contributed by atoms with van der Waals surface area (Å²) >= 11 is 7.09. The number of anilines is 1. The highest BCUT2D eigenvalue weighted by Crippen LogP contribution is 2.36. The summed E-state index contributed by atoms with van der Waals surface area (Å²) in [6, 6.07) is 14.7. The van der Waals surface area contributed by atoms with Crippen molar-refractivity contribution in [2.75, 3.05) is 11.1 Å². The Morgan fingerprint density at radius 3 is 2.68 bits per heavy atom. The Balaban J connectivity index is 1.76. The zero-order chi connectivity index (χ0) is 20.1. The Labute approximate surface area is 170 Å². The van der Waals surface area contributed by atoms with Crippen LogP contribution in [0.1, 0.15) is 17.9 Å². The van der Waals surface area contributed by atoms with Crippen LogP contribution in [0.3, 0.4) is 0 Å². The number of hydrogen-bond acceptors (Lipinski definition) is 4. The summed E-state index contributed by atoms with van der Waals surface area (Å²) in [7, 11) is 0. The molecule has 2 N–H and O–H groups in total. The van der Waals surface area contributed by atoms with Gasteiger partial charge in [-0.15, -0.1) is 0 Å². The van der Waals surface area contributed by atoms with Crippen molar-refractivity contribution in [1.29, 1.82) is 5.26 Å². The van der Waals surface area contributed by atoms with Crippen LogP contribution in [0.25, 0.3) is 0 Å². The second-order valence-corrected chi connectivity index (χ2v) is 7.42. The summed E-state index contributed by atoms with van der Waals surface area (Å²) in [5.41, 5.74) is 1.51. The lowest BCUT2D eigenvalue weighted by molar-refractivity contribution is -0.121. The quantitative estimate of drug-likeness (QED) is 0.767. The molecular formula is C20H15ClFN3O2S. The van der Waals surface area contributed by atoms with Crippen LogP contribution in [-0.4, -0.2) is 17.6 Å². The van der Waals surface area contributed by atoms with E-state index in [1.54, 1.807) is 36.4 Å². The van der Waals surface area contributed by atoms with E-state index in [9.17, 15) is 19.2 Å². The van der Waals surface area contributed by atoms with Crippen molar-refractivity contribution < 1.29 is 14.0 Å². The lowest BCUT2D eigenvalue weighted by Gasteiger charge is -2.25. The number of rotatable bonds is 5. The monoisotopic (exact) mass is 415 g/mol. The maximum atomic E-state index is 13.2. The van der Waals surface area contributed by atoms with Gasteiger partial charge in [0.1, 0.15) is 5.82 Å². The van der Waals surface area contributed by atoms with Crippen LogP contribution < -0.4 is 10.6 Å². The molecule has 0 fully saturated rings. The maximum Gasteiger partial charge on any atom is 0.234 e. The second-order valence-electron chi connectivity index (χ2n) is 6.03. The fraction of sp³-hybridized carbons (Fsp3) is 0.150. The number of allylic oxidation sites excluding steroid dienone is 1. The van der Waals surface area contributed by atoms with Gasteiger partial charge < -0.3 is 10.6 Å². The van der Waals surface area contributed by atoms with Crippen LogP contribution >= 0.6 is 23.4 Å². The Morgan fingerprint density at radius 2 is 2.00 bits per heavy atom. The van der Waals surface area contributed by atoms with Crippen molar-refractivity contribution in [3.8, 4) is 6.07 Å². The van der Waals surface area contributed by atoms with Crippen molar-refractivity contribution in [2.45, 2.75) is 12.3 Å². The van der Waals surface area contributed by atoms with E-state index < -0.39 is 11.7 Å². The molecule has 2 aromatic rings. The third-order valence-electron chi connectivity index (χ3n) is 4.12. The summed E-state index contributed by atoms with van der Waals surface area (Å²) < 4.78 is 13.2. The SMILES string of the molecule is N#CC1=C(SCC(=O)Nc2ccccc2Cl)NC(=O)CC1c1ccc(F)cc1. The summed E-state index contributed by atoms with van der Waals surface area (Å²) in [5.74, 6) is -1.46. The van der Waals surface area contributed by atoms with Gasteiger partial charge in [-0.2, -0.15) is 5.26 Å². The Hall–Kier alpha value is -2.82. The number of halogens is 2. The van der Waals surface area contributed by atoms with Crippen molar-refractivity contribution in [3.05, 3.63) is 75.5 Å². The normalized spacial score (nSPS) is 16.3. The molecule has 5 nitrogen and oxygen atoms in total. The van der Waals surface area contributed by atoms with Crippen LogP contribution in [0.5, 0.6) is 0 Å². The average molecular weight is 416 g/mol. The number of nitrogens with zero attached hydrogens (tertiary/aromatic N) is 1. The molecule has 1 atom stereocenters. The van der Waals surface area contributed by atoms with E-state index >= 15 is 0 Å². The van der Waals surface area contributed by atoms with E-state index in [-0.39, 0.29) is 24.0 Å². The summed E-state index contributed by atoms with van der Waals surface area (Å²) in [6.07, 6.45) is 0.0877. The van der Waals surface area contributed by atoms with E-state index in [1.807, 2.05) is 0 Å². The molecular weight excluding hydrogens is 401 g/mol. The van der Waals surface area contributed by atoms with Crippen molar-refractivity contribution in [1.82, 2.24) is 5.32 Å². The van der Waals surface area contributed by atoms with Gasteiger partial charge in [-0.05, 0) is 29.8 Å². The molecule has 1 aliphatic heterocycles. The number of benzene rings is 2. The van der Waals surface area contributed by atoms with Crippen LogP contribution in [-0.2, 0) is 9.59 Å². The Kier molecular flexibility index (Phi) is 6.34. The summed E-state index contributed by atoms with van der Waals surface area (Å²) in [5, 5.41) is 15.7. The van der Waals surface area contributed by atoms with E-state index in [1.165, 1.54) is 12.1 Å². The molecule has 8 heteroatoms. The molecule has 2 amide bonds.